The first-order chi connectivity index (χ1) is 11.6. The fraction of sp³-hybridized carbons (Fsp3) is 0.556. The number of anilines is 1. The van der Waals surface area contributed by atoms with Gasteiger partial charge in [-0.1, -0.05) is 22.0 Å². The molecular weight excluding hydrogens is 406 g/mol. The molecule has 1 N–H and O–H groups in total. The van der Waals surface area contributed by atoms with E-state index < -0.39 is 0 Å². The first kappa shape index (κ1) is 18.7. The highest BCUT2D eigenvalue weighted by Gasteiger charge is 2.39. The molecule has 25 heavy (non-hydrogen) atoms. The van der Waals surface area contributed by atoms with E-state index in [1.165, 1.54) is 6.42 Å². The molecule has 1 aromatic carbocycles. The number of hydrogen-bond acceptors (Lipinski definition) is 3. The Bertz CT molecular complexity index is 671. The van der Waals surface area contributed by atoms with Gasteiger partial charge in [0.25, 0.3) is 0 Å². The van der Waals surface area contributed by atoms with Gasteiger partial charge in [0.15, 0.2) is 0 Å². The highest BCUT2D eigenvalue weighted by atomic mass is 79.9. The lowest BCUT2D eigenvalue weighted by molar-refractivity contribution is -0.136. The molecule has 3 aliphatic heterocycles. The van der Waals surface area contributed by atoms with Gasteiger partial charge in [-0.2, -0.15) is 0 Å². The van der Waals surface area contributed by atoms with E-state index in [0.29, 0.717) is 25.0 Å². The third-order valence-corrected chi connectivity index (χ3v) is 5.92. The van der Waals surface area contributed by atoms with Crippen LogP contribution in [0.5, 0.6) is 0 Å². The first-order valence-corrected chi connectivity index (χ1v) is 9.50. The lowest BCUT2D eigenvalue weighted by Gasteiger charge is -2.27. The Kier molecular flexibility index (Phi) is 5.71. The van der Waals surface area contributed by atoms with E-state index in [1.54, 1.807) is 4.90 Å². The molecule has 5 nitrogen and oxygen atoms in total. The van der Waals surface area contributed by atoms with E-state index in [1.807, 2.05) is 29.2 Å². The van der Waals surface area contributed by atoms with Crippen LogP contribution in [0.3, 0.4) is 0 Å². The Morgan fingerprint density at radius 3 is 2.76 bits per heavy atom. The molecule has 3 aliphatic rings. The van der Waals surface area contributed by atoms with E-state index in [2.05, 4.69) is 21.2 Å². The first-order valence-electron chi connectivity index (χ1n) is 8.71. The van der Waals surface area contributed by atoms with Crippen molar-refractivity contribution in [1.29, 1.82) is 0 Å². The highest BCUT2D eigenvalue weighted by molar-refractivity contribution is 9.10. The summed E-state index contributed by atoms with van der Waals surface area (Å²) in [5, 5.41) is 3.60. The van der Waals surface area contributed by atoms with Gasteiger partial charge in [0.1, 0.15) is 0 Å². The van der Waals surface area contributed by atoms with Gasteiger partial charge in [-0.3, -0.25) is 9.59 Å². The molecule has 3 atom stereocenters. The summed E-state index contributed by atoms with van der Waals surface area (Å²) < 4.78 is 0.942. The normalized spacial score (nSPS) is 28.7. The minimum Gasteiger partial charge on any atom is -0.341 e. The summed E-state index contributed by atoms with van der Waals surface area (Å²) in [7, 11) is 0. The van der Waals surface area contributed by atoms with Crippen LogP contribution < -0.4 is 10.2 Å². The van der Waals surface area contributed by atoms with Crippen molar-refractivity contribution in [1.82, 2.24) is 10.2 Å². The average Bonchev–Trinajstić information content (AvgIpc) is 3.09. The third-order valence-electron chi connectivity index (χ3n) is 5.43. The SMILES string of the molecule is Cl.O=C(C1CC(=O)N(c2cccc(Br)c2)C1)N1CCC2CCC(C1)N2. The quantitative estimate of drug-likeness (QED) is 0.788. The van der Waals surface area contributed by atoms with Gasteiger partial charge < -0.3 is 15.1 Å². The Hall–Kier alpha value is -1.11. The summed E-state index contributed by atoms with van der Waals surface area (Å²) >= 11 is 3.44. The van der Waals surface area contributed by atoms with Crippen LogP contribution in [0.1, 0.15) is 25.7 Å². The van der Waals surface area contributed by atoms with Crippen LogP contribution in [0.25, 0.3) is 0 Å². The molecule has 3 unspecified atom stereocenters. The summed E-state index contributed by atoms with van der Waals surface area (Å²) in [5.41, 5.74) is 0.862. The molecule has 1 aromatic rings. The average molecular weight is 429 g/mol. The summed E-state index contributed by atoms with van der Waals surface area (Å²) in [5.74, 6) is -0.0239. The predicted molar refractivity (Wildman–Crippen MR) is 103 cm³/mol. The van der Waals surface area contributed by atoms with E-state index in [4.69, 9.17) is 0 Å². The van der Waals surface area contributed by atoms with Gasteiger partial charge >= 0.3 is 0 Å². The molecule has 136 valence electrons. The van der Waals surface area contributed by atoms with Crippen molar-refractivity contribution in [2.45, 2.75) is 37.8 Å². The van der Waals surface area contributed by atoms with Crippen LogP contribution >= 0.6 is 28.3 Å². The monoisotopic (exact) mass is 427 g/mol. The summed E-state index contributed by atoms with van der Waals surface area (Å²) in [6.07, 6.45) is 3.73. The lowest BCUT2D eigenvalue weighted by Crippen LogP contribution is -2.42. The molecule has 0 aromatic heterocycles. The summed E-state index contributed by atoms with van der Waals surface area (Å²) in [4.78, 5) is 29.1. The van der Waals surface area contributed by atoms with Crippen LogP contribution in [0.15, 0.2) is 28.7 Å². The predicted octanol–water partition coefficient (Wildman–Crippen LogP) is 2.58. The number of rotatable bonds is 2. The Balaban J connectivity index is 0.00000182. The Morgan fingerprint density at radius 2 is 1.96 bits per heavy atom. The molecule has 0 aliphatic carbocycles. The van der Waals surface area contributed by atoms with Gasteiger partial charge in [-0.05, 0) is 37.5 Å². The number of carbonyl (C=O) groups is 2. The van der Waals surface area contributed by atoms with Gasteiger partial charge in [-0.25, -0.2) is 0 Å². The fourth-order valence-electron chi connectivity index (χ4n) is 4.17. The van der Waals surface area contributed by atoms with E-state index >= 15 is 0 Å². The van der Waals surface area contributed by atoms with Crippen LogP contribution in [-0.2, 0) is 9.59 Å². The number of nitrogens with one attached hydrogen (secondary N) is 1. The largest absolute Gasteiger partial charge is 0.341 e. The Morgan fingerprint density at radius 1 is 1.16 bits per heavy atom. The van der Waals surface area contributed by atoms with Crippen molar-refractivity contribution >= 4 is 45.8 Å². The zero-order valence-corrected chi connectivity index (χ0v) is 16.4. The van der Waals surface area contributed by atoms with Crippen molar-refractivity contribution in [3.05, 3.63) is 28.7 Å². The zero-order valence-electron chi connectivity index (χ0n) is 14.0. The zero-order chi connectivity index (χ0) is 16.7. The number of halogens is 2. The molecule has 0 saturated carbocycles. The second-order valence-electron chi connectivity index (χ2n) is 7.10. The molecule has 3 heterocycles. The minimum atomic E-state index is -0.215. The molecule has 7 heteroatoms. The number of nitrogens with zero attached hydrogens (tertiary/aromatic N) is 2. The molecular formula is C18H23BrClN3O2. The van der Waals surface area contributed by atoms with Gasteiger partial charge in [-0.15, -0.1) is 12.4 Å². The minimum absolute atomic E-state index is 0. The molecule has 0 radical (unpaired) electrons. The highest BCUT2D eigenvalue weighted by Crippen LogP contribution is 2.29. The molecule has 2 amide bonds. The molecule has 3 fully saturated rings. The fourth-order valence-corrected chi connectivity index (χ4v) is 4.56. The lowest BCUT2D eigenvalue weighted by atomic mass is 10.0. The standard InChI is InChI=1S/C18H22BrN3O2.ClH/c19-13-2-1-3-16(9-13)22-10-12(8-17(22)23)18(24)21-7-6-14-4-5-15(11-21)20-14;/h1-3,9,12,14-15,20H,4-8,10-11H2;1H. The van der Waals surface area contributed by atoms with Crippen molar-refractivity contribution in [3.63, 3.8) is 0 Å². The maximum Gasteiger partial charge on any atom is 0.228 e. The van der Waals surface area contributed by atoms with E-state index in [0.717, 1.165) is 36.1 Å². The van der Waals surface area contributed by atoms with E-state index in [-0.39, 0.29) is 30.1 Å². The van der Waals surface area contributed by atoms with Crippen LogP contribution in [0, 0.1) is 5.92 Å². The number of fused-ring (bicyclic) bond motifs is 2. The van der Waals surface area contributed by atoms with Crippen molar-refractivity contribution in [2.24, 2.45) is 5.92 Å². The van der Waals surface area contributed by atoms with Crippen LogP contribution in [-0.4, -0.2) is 48.4 Å². The topological polar surface area (TPSA) is 52.7 Å². The number of benzene rings is 1. The molecule has 4 rings (SSSR count). The second-order valence-corrected chi connectivity index (χ2v) is 8.01. The van der Waals surface area contributed by atoms with Gasteiger partial charge in [0, 0.05) is 48.3 Å². The second kappa shape index (κ2) is 7.64. The van der Waals surface area contributed by atoms with Crippen molar-refractivity contribution < 1.29 is 9.59 Å². The van der Waals surface area contributed by atoms with Gasteiger partial charge in [0.05, 0.1) is 5.92 Å². The third kappa shape index (κ3) is 3.86. The van der Waals surface area contributed by atoms with Gasteiger partial charge in [0.2, 0.25) is 11.8 Å². The maximum atomic E-state index is 12.9. The molecule has 0 spiro atoms. The van der Waals surface area contributed by atoms with Crippen LogP contribution in [0.4, 0.5) is 5.69 Å². The molecule has 3 saturated heterocycles. The maximum absolute atomic E-state index is 12.9. The smallest absolute Gasteiger partial charge is 0.228 e. The van der Waals surface area contributed by atoms with E-state index in [9.17, 15) is 9.59 Å². The number of carbonyl (C=O) groups excluding carboxylic acids is 2. The number of likely N-dealkylation sites (tertiary alicyclic amines) is 1. The summed E-state index contributed by atoms with van der Waals surface area (Å²) in [6, 6.07) is 8.70. The Labute approximate surface area is 162 Å². The van der Waals surface area contributed by atoms with Crippen molar-refractivity contribution in [2.75, 3.05) is 24.5 Å². The van der Waals surface area contributed by atoms with Crippen LogP contribution in [0.2, 0.25) is 0 Å². The number of hydrogen-bond donors (Lipinski definition) is 1. The van der Waals surface area contributed by atoms with Crippen molar-refractivity contribution in [3.8, 4) is 0 Å². The summed E-state index contributed by atoms with van der Waals surface area (Å²) in [6.45, 7) is 2.09. The molecule has 2 bridgehead atoms. The number of amides is 2.